The lowest BCUT2D eigenvalue weighted by molar-refractivity contribution is -0.135. The number of allylic oxidation sites excluding steroid dienone is 2. The average molecular weight is 406 g/mol. The van der Waals surface area contributed by atoms with E-state index in [9.17, 15) is 31.5 Å². The molecule has 158 valence electrons. The molecule has 0 radical (unpaired) electrons. The highest BCUT2D eigenvalue weighted by molar-refractivity contribution is 5.71. The molecule has 7 heteroatoms. The van der Waals surface area contributed by atoms with Crippen LogP contribution in [0.5, 0.6) is 0 Å². The van der Waals surface area contributed by atoms with Crippen molar-refractivity contribution in [2.24, 2.45) is 17.8 Å². The van der Waals surface area contributed by atoms with E-state index in [1.54, 1.807) is 6.08 Å². The Balaban J connectivity index is 0.000000604. The van der Waals surface area contributed by atoms with E-state index in [-0.39, 0.29) is 20.9 Å². The predicted molar refractivity (Wildman–Crippen MR) is 98.2 cm³/mol. The van der Waals surface area contributed by atoms with Crippen LogP contribution >= 0.6 is 0 Å². The molecule has 2 aliphatic rings. The zero-order valence-electron chi connectivity index (χ0n) is 15.4. The number of hydrogen-bond acceptors (Lipinski definition) is 2. The molecule has 0 heterocycles. The summed E-state index contributed by atoms with van der Waals surface area (Å²) < 4.78 is 60.5. The van der Waals surface area contributed by atoms with E-state index < -0.39 is 29.3 Å². The van der Waals surface area contributed by atoms with Crippen LogP contribution in [0.4, 0.5) is 22.0 Å². The Kier molecular flexibility index (Phi) is 8.33. The first kappa shape index (κ1) is 22.2. The van der Waals surface area contributed by atoms with Crippen LogP contribution in [0.1, 0.15) is 54.2 Å². The van der Waals surface area contributed by atoms with E-state index in [1.165, 1.54) is 5.57 Å². The fraction of sp³-hybridized carbons (Fsp3) is 0.524. The predicted octanol–water partition coefficient (Wildman–Crippen LogP) is 6.34. The summed E-state index contributed by atoms with van der Waals surface area (Å²) >= 11 is 0. The molecular formula is C21H27F5O2. The minimum Gasteiger partial charge on any atom is -0.299 e. The Morgan fingerprint density at radius 3 is 1.86 bits per heavy atom. The summed E-state index contributed by atoms with van der Waals surface area (Å²) in [5.74, 6) is -4.76. The molecular weight excluding hydrogens is 379 g/mol. The van der Waals surface area contributed by atoms with Gasteiger partial charge in [0.1, 0.15) is 12.1 Å². The first-order valence-electron chi connectivity index (χ1n) is 9.44. The molecule has 2 aliphatic carbocycles. The van der Waals surface area contributed by atoms with E-state index in [0.717, 1.165) is 57.7 Å². The van der Waals surface area contributed by atoms with Crippen LogP contribution in [0.25, 0.3) is 0 Å². The summed E-state index contributed by atoms with van der Waals surface area (Å²) in [7, 11) is 0. The van der Waals surface area contributed by atoms with Gasteiger partial charge in [-0.05, 0) is 69.3 Å². The topological polar surface area (TPSA) is 34.1 Å². The molecule has 1 aromatic carbocycles. The van der Waals surface area contributed by atoms with Crippen molar-refractivity contribution in [3.8, 4) is 0 Å². The monoisotopic (exact) mass is 406 g/mol. The van der Waals surface area contributed by atoms with Crippen molar-refractivity contribution >= 4 is 12.3 Å². The lowest BCUT2D eigenvalue weighted by atomic mass is 9.70. The van der Waals surface area contributed by atoms with E-state index in [4.69, 9.17) is 0 Å². The van der Waals surface area contributed by atoms with E-state index in [2.05, 4.69) is 0 Å². The van der Waals surface area contributed by atoms with Gasteiger partial charge in [0.05, 0.1) is 0 Å². The summed E-state index contributed by atoms with van der Waals surface area (Å²) in [6, 6.07) is -0.565. The molecule has 0 N–H and O–H groups in total. The van der Waals surface area contributed by atoms with Gasteiger partial charge in [-0.2, -0.15) is 4.39 Å². The van der Waals surface area contributed by atoms with Gasteiger partial charge < -0.3 is 0 Å². The maximum absolute atomic E-state index is 12.6. The molecule has 0 saturated heterocycles. The van der Waals surface area contributed by atoms with Crippen molar-refractivity contribution in [1.82, 2.24) is 0 Å². The minimum atomic E-state index is -1.65. The molecule has 0 aliphatic heterocycles. The second-order valence-electron chi connectivity index (χ2n) is 7.40. The van der Waals surface area contributed by atoms with Crippen LogP contribution in [0.2, 0.25) is 0 Å². The van der Waals surface area contributed by atoms with Gasteiger partial charge in [0.2, 0.25) is 0 Å². The number of rotatable bonds is 3. The van der Waals surface area contributed by atoms with Crippen LogP contribution < -0.4 is 0 Å². The van der Waals surface area contributed by atoms with Gasteiger partial charge >= 0.3 is 6.04 Å². The highest BCUT2D eigenvalue weighted by Crippen LogP contribution is 2.41. The van der Waals surface area contributed by atoms with Gasteiger partial charge in [-0.1, -0.05) is 5.57 Å². The van der Waals surface area contributed by atoms with Crippen molar-refractivity contribution < 1.29 is 34.4 Å². The molecule has 0 bridgehead atoms. The van der Waals surface area contributed by atoms with Crippen LogP contribution in [0.3, 0.4) is 0 Å². The molecule has 3 rings (SSSR count). The number of benzene rings is 1. The first-order chi connectivity index (χ1) is 13.3. The number of halogens is 5. The number of carbonyl (C=O) groups is 2. The van der Waals surface area contributed by atoms with E-state index >= 15 is 0 Å². The SMILES string of the molecule is Fc1cc(F)c(F)c(F)c1.O=CC=C1CCC(C2CCC(C(=O)F)CC2)CC1.[HH].[HH]. The third-order valence-electron chi connectivity index (χ3n) is 5.68. The third-order valence-corrected chi connectivity index (χ3v) is 5.68. The highest BCUT2D eigenvalue weighted by atomic mass is 19.2. The highest BCUT2D eigenvalue weighted by Gasteiger charge is 2.31. The van der Waals surface area contributed by atoms with Crippen molar-refractivity contribution in [2.45, 2.75) is 51.4 Å². The van der Waals surface area contributed by atoms with E-state index in [1.807, 2.05) is 0 Å². The Bertz CT molecular complexity index is 701. The van der Waals surface area contributed by atoms with Crippen molar-refractivity contribution in [3.05, 3.63) is 47.1 Å². The second kappa shape index (κ2) is 10.5. The van der Waals surface area contributed by atoms with Crippen molar-refractivity contribution in [3.63, 3.8) is 0 Å². The zero-order valence-corrected chi connectivity index (χ0v) is 15.4. The molecule has 0 spiro atoms. The summed E-state index contributed by atoms with van der Waals surface area (Å²) in [5.41, 5.74) is 1.27. The Morgan fingerprint density at radius 1 is 0.893 bits per heavy atom. The summed E-state index contributed by atoms with van der Waals surface area (Å²) in [5, 5.41) is 0. The van der Waals surface area contributed by atoms with Gasteiger partial charge in [0.15, 0.2) is 17.5 Å². The van der Waals surface area contributed by atoms with Crippen molar-refractivity contribution in [1.29, 1.82) is 0 Å². The first-order valence-corrected chi connectivity index (χ1v) is 9.44. The fourth-order valence-electron chi connectivity index (χ4n) is 4.09. The number of aldehydes is 1. The Morgan fingerprint density at radius 2 is 1.39 bits per heavy atom. The zero-order chi connectivity index (χ0) is 20.7. The molecule has 0 unspecified atom stereocenters. The van der Waals surface area contributed by atoms with Gasteiger partial charge in [-0.25, -0.2) is 17.6 Å². The molecule has 28 heavy (non-hydrogen) atoms. The summed E-state index contributed by atoms with van der Waals surface area (Å²) in [6.45, 7) is 0. The minimum absolute atomic E-state index is 0. The molecule has 2 saturated carbocycles. The van der Waals surface area contributed by atoms with Gasteiger partial charge in [0.25, 0.3) is 0 Å². The second-order valence-corrected chi connectivity index (χ2v) is 7.40. The molecule has 2 fully saturated rings. The van der Waals surface area contributed by atoms with Crippen LogP contribution in [0, 0.1) is 41.0 Å². The maximum Gasteiger partial charge on any atom is 0.304 e. The normalized spacial score (nSPS) is 24.8. The molecule has 2 nitrogen and oxygen atoms in total. The lowest BCUT2D eigenvalue weighted by Gasteiger charge is -2.35. The molecule has 0 amide bonds. The molecule has 0 aromatic heterocycles. The Hall–Kier alpha value is -2.05. The largest absolute Gasteiger partial charge is 0.304 e. The van der Waals surface area contributed by atoms with Gasteiger partial charge in [-0.3, -0.25) is 9.59 Å². The quantitative estimate of drug-likeness (QED) is 0.147. The number of hydrogen-bond donors (Lipinski definition) is 0. The Labute approximate surface area is 163 Å². The third kappa shape index (κ3) is 6.24. The van der Waals surface area contributed by atoms with E-state index in [0.29, 0.717) is 11.8 Å². The van der Waals surface area contributed by atoms with Crippen molar-refractivity contribution in [2.75, 3.05) is 0 Å². The van der Waals surface area contributed by atoms with Gasteiger partial charge in [0, 0.05) is 20.9 Å². The number of carbonyl (C=O) groups excluding carboxylic acids is 2. The summed E-state index contributed by atoms with van der Waals surface area (Å²) in [6.07, 6.45) is 10.4. The fourth-order valence-corrected chi connectivity index (χ4v) is 4.09. The smallest absolute Gasteiger partial charge is 0.299 e. The van der Waals surface area contributed by atoms with Crippen LogP contribution in [-0.2, 0) is 9.59 Å². The van der Waals surface area contributed by atoms with Gasteiger partial charge in [-0.15, -0.1) is 0 Å². The standard InChI is InChI=1S/C15H21FO2.C6H2F4.2H2/c16-15(18)14-7-5-13(6-8-14)12-3-1-11(2-4-12)9-10-17;7-3-1-4(8)6(10)5(9)2-3;;/h9-10,12-14H,1-8H2;1-2H;2*1H. The summed E-state index contributed by atoms with van der Waals surface area (Å²) in [4.78, 5) is 21.1. The average Bonchev–Trinajstić information content (AvgIpc) is 2.67. The molecule has 0 atom stereocenters. The van der Waals surface area contributed by atoms with Crippen LogP contribution in [-0.4, -0.2) is 12.3 Å². The maximum atomic E-state index is 12.6. The molecule has 1 aromatic rings. The lowest BCUT2D eigenvalue weighted by Crippen LogP contribution is -2.26. The van der Waals surface area contributed by atoms with Crippen LogP contribution in [0.15, 0.2) is 23.8 Å².